The van der Waals surface area contributed by atoms with E-state index in [1.165, 1.54) is 18.3 Å². The third-order valence-corrected chi connectivity index (χ3v) is 8.97. The van der Waals surface area contributed by atoms with E-state index in [9.17, 15) is 20.0 Å². The van der Waals surface area contributed by atoms with Crippen LogP contribution in [0.15, 0.2) is 56.4 Å². The van der Waals surface area contributed by atoms with Crippen LogP contribution in [-0.4, -0.2) is 17.1 Å². The zero-order chi connectivity index (χ0) is 26.6. The van der Waals surface area contributed by atoms with E-state index in [0.717, 1.165) is 6.42 Å². The largest absolute Gasteiger partial charge is 0.468 e. The van der Waals surface area contributed by atoms with Gasteiger partial charge in [0.2, 0.25) is 0 Å². The molecule has 4 rings (SSSR count). The lowest BCUT2D eigenvalue weighted by atomic mass is 9.32. The van der Waals surface area contributed by atoms with E-state index >= 15 is 0 Å². The van der Waals surface area contributed by atoms with E-state index in [-0.39, 0.29) is 56.3 Å². The number of methoxy groups -OCH3 is 1. The van der Waals surface area contributed by atoms with Crippen LogP contribution in [0.4, 0.5) is 0 Å². The highest BCUT2D eigenvalue weighted by molar-refractivity contribution is 5.42. The fourth-order valence-electron chi connectivity index (χ4n) is 8.01. The molecule has 1 heterocycles. The molecule has 7 heteroatoms. The third kappa shape index (κ3) is 3.79. The molecule has 0 radical (unpaired) electrons. The normalized spacial score (nSPS) is 32.0. The van der Waals surface area contributed by atoms with Crippen LogP contribution < -0.4 is 10.2 Å². The molecule has 1 aromatic rings. The first-order chi connectivity index (χ1) is 16.9. The highest BCUT2D eigenvalue weighted by atomic mass is 16.6. The van der Waals surface area contributed by atoms with Crippen LogP contribution in [0.5, 0.6) is 5.95 Å². The Kier molecular flexibility index (Phi) is 6.67. The van der Waals surface area contributed by atoms with Crippen LogP contribution in [-0.2, 0) is 0 Å². The van der Waals surface area contributed by atoms with E-state index in [0.29, 0.717) is 24.0 Å². The van der Waals surface area contributed by atoms with Gasteiger partial charge in [0.15, 0.2) is 5.43 Å². The molecule has 1 N–H and O–H groups in total. The lowest BCUT2D eigenvalue weighted by Gasteiger charge is -2.71. The van der Waals surface area contributed by atoms with Crippen molar-refractivity contribution in [2.75, 3.05) is 7.11 Å². The smallest absolute Gasteiger partial charge is 0.291 e. The second-order valence-electron chi connectivity index (χ2n) is 11.0. The van der Waals surface area contributed by atoms with E-state index in [1.807, 2.05) is 6.08 Å². The Balaban J connectivity index is 1.78. The lowest BCUT2D eigenvalue weighted by Crippen LogP contribution is -2.66. The Morgan fingerprint density at radius 2 is 1.97 bits per heavy atom. The second-order valence-corrected chi connectivity index (χ2v) is 11.0. The Hall–Kier alpha value is -2.93. The number of fused-ring (bicyclic) bond motifs is 1. The lowest BCUT2D eigenvalue weighted by molar-refractivity contribution is -0.419. The Morgan fingerprint density at radius 1 is 1.28 bits per heavy atom. The average molecular weight is 496 g/mol. The van der Waals surface area contributed by atoms with Crippen molar-refractivity contribution in [2.45, 2.75) is 66.9 Å². The van der Waals surface area contributed by atoms with E-state index in [2.05, 4.69) is 39.8 Å². The molecular weight excluding hydrogens is 458 g/mol. The third-order valence-electron chi connectivity index (χ3n) is 8.97. The van der Waals surface area contributed by atoms with Gasteiger partial charge in [0.1, 0.15) is 11.9 Å². The first kappa shape index (κ1) is 26.1. The number of aliphatic hydroxyl groups is 1. The van der Waals surface area contributed by atoms with Gasteiger partial charge in [-0.3, -0.25) is 14.9 Å². The van der Waals surface area contributed by atoms with Crippen LogP contribution in [0.1, 0.15) is 69.9 Å². The molecule has 36 heavy (non-hydrogen) atoms. The Labute approximate surface area is 212 Å². The van der Waals surface area contributed by atoms with Gasteiger partial charge in [0.25, 0.3) is 11.6 Å². The molecule has 0 saturated heterocycles. The van der Waals surface area contributed by atoms with Gasteiger partial charge >= 0.3 is 0 Å². The van der Waals surface area contributed by atoms with Gasteiger partial charge in [0, 0.05) is 11.6 Å². The molecule has 0 bridgehead atoms. The van der Waals surface area contributed by atoms with Gasteiger partial charge in [-0.05, 0) is 81.6 Å². The van der Waals surface area contributed by atoms with Gasteiger partial charge in [0.05, 0.1) is 17.6 Å². The van der Waals surface area contributed by atoms with Crippen molar-refractivity contribution in [3.8, 4) is 5.95 Å². The Bertz CT molecular complexity index is 1270. The summed E-state index contributed by atoms with van der Waals surface area (Å²) in [5.41, 5.74) is 2.79. The second kappa shape index (κ2) is 9.18. The van der Waals surface area contributed by atoms with Crippen molar-refractivity contribution in [1.82, 2.24) is 0 Å². The predicted octanol–water partition coefficient (Wildman–Crippen LogP) is 5.98. The summed E-state index contributed by atoms with van der Waals surface area (Å²) < 4.78 is 11.2. The van der Waals surface area contributed by atoms with E-state index in [1.54, 1.807) is 26.0 Å². The highest BCUT2D eigenvalue weighted by Gasteiger charge is 2.69. The van der Waals surface area contributed by atoms with Gasteiger partial charge in [-0.1, -0.05) is 43.2 Å². The molecule has 7 nitrogen and oxygen atoms in total. The van der Waals surface area contributed by atoms with Crippen LogP contribution in [0.25, 0.3) is 0 Å². The molecule has 3 aliphatic rings. The number of ether oxygens (including phenoxy) is 1. The number of hydrogen-bond acceptors (Lipinski definition) is 6. The SMILES string of the molecule is CCC1(CC(O)c2oc(OC)c(C)c(=O)c2C)C2C(C)=CC(C)=CC2(C)C1C1C=CC([N+](=O)[O-])=CC1. The molecule has 0 aromatic carbocycles. The summed E-state index contributed by atoms with van der Waals surface area (Å²) in [6, 6.07) is 0. The number of aliphatic hydroxyl groups excluding tert-OH is 1. The first-order valence-electron chi connectivity index (χ1n) is 12.7. The predicted molar refractivity (Wildman–Crippen MR) is 138 cm³/mol. The topological polar surface area (TPSA) is 103 Å². The molecule has 1 saturated carbocycles. The molecule has 6 unspecified atom stereocenters. The summed E-state index contributed by atoms with van der Waals surface area (Å²) in [6.07, 6.45) is 10.7. The van der Waals surface area contributed by atoms with Gasteiger partial charge in [-0.15, -0.1) is 0 Å². The molecule has 194 valence electrons. The molecule has 1 fully saturated rings. The van der Waals surface area contributed by atoms with Crippen molar-refractivity contribution >= 4 is 0 Å². The molecule has 0 aliphatic heterocycles. The number of nitrogens with zero attached hydrogens (tertiary/aromatic N) is 1. The van der Waals surface area contributed by atoms with Crippen molar-refractivity contribution in [3.05, 3.63) is 84.4 Å². The van der Waals surface area contributed by atoms with Crippen LogP contribution in [0.3, 0.4) is 0 Å². The van der Waals surface area contributed by atoms with Gasteiger partial charge < -0.3 is 14.3 Å². The molecule has 1 aromatic heterocycles. The number of hydrogen-bond donors (Lipinski definition) is 1. The summed E-state index contributed by atoms with van der Waals surface area (Å²) in [7, 11) is 1.45. The first-order valence-corrected chi connectivity index (χ1v) is 12.7. The van der Waals surface area contributed by atoms with Crippen molar-refractivity contribution in [2.24, 2.45) is 28.6 Å². The summed E-state index contributed by atoms with van der Waals surface area (Å²) in [4.78, 5) is 23.8. The minimum absolute atomic E-state index is 0.0951. The van der Waals surface area contributed by atoms with Crippen LogP contribution in [0, 0.1) is 52.5 Å². The maximum absolute atomic E-state index is 12.8. The summed E-state index contributed by atoms with van der Waals surface area (Å²) in [6.45, 7) is 12.0. The van der Waals surface area contributed by atoms with Crippen LogP contribution >= 0.6 is 0 Å². The average Bonchev–Trinajstić information content (AvgIpc) is 2.81. The zero-order valence-corrected chi connectivity index (χ0v) is 22.3. The van der Waals surface area contributed by atoms with Crippen molar-refractivity contribution in [3.63, 3.8) is 0 Å². The van der Waals surface area contributed by atoms with Crippen LogP contribution in [0.2, 0.25) is 0 Å². The quantitative estimate of drug-likeness (QED) is 0.369. The summed E-state index contributed by atoms with van der Waals surface area (Å²) in [5.74, 6) is 0.819. The molecule has 0 spiro atoms. The highest BCUT2D eigenvalue weighted by Crippen LogP contribution is 2.74. The monoisotopic (exact) mass is 495 g/mol. The fraction of sp³-hybridized carbons (Fsp3) is 0.552. The standard InChI is InChI=1S/C29H37NO6/c1-8-29(15-22(31)24-18(4)23(32)19(5)27(35-7)36-24)25-17(3)13-16(2)14-28(25,6)26(29)20-9-11-21(12-10-20)30(33)34/h9,11-14,20,22,25-26,31H,8,10,15H2,1-7H3. The zero-order valence-electron chi connectivity index (χ0n) is 22.3. The molecular formula is C29H37NO6. The fourth-order valence-corrected chi connectivity index (χ4v) is 8.01. The molecule has 6 atom stereocenters. The summed E-state index contributed by atoms with van der Waals surface area (Å²) in [5, 5.41) is 22.9. The summed E-state index contributed by atoms with van der Waals surface area (Å²) >= 11 is 0. The van der Waals surface area contributed by atoms with Gasteiger partial charge in [-0.25, -0.2) is 0 Å². The van der Waals surface area contributed by atoms with E-state index < -0.39 is 6.10 Å². The molecule has 3 aliphatic carbocycles. The molecule has 0 amide bonds. The van der Waals surface area contributed by atoms with Crippen molar-refractivity contribution in [1.29, 1.82) is 0 Å². The minimum atomic E-state index is -0.989. The maximum Gasteiger partial charge on any atom is 0.291 e. The number of rotatable bonds is 7. The van der Waals surface area contributed by atoms with E-state index in [4.69, 9.17) is 9.15 Å². The number of allylic oxidation sites excluding steroid dienone is 7. The minimum Gasteiger partial charge on any atom is -0.468 e. The van der Waals surface area contributed by atoms with Crippen molar-refractivity contribution < 1.29 is 19.2 Å². The Morgan fingerprint density at radius 3 is 2.53 bits per heavy atom. The maximum atomic E-state index is 12.8. The van der Waals surface area contributed by atoms with Gasteiger partial charge in [-0.2, -0.15) is 0 Å². The number of nitro groups is 1.